The van der Waals surface area contributed by atoms with Crippen molar-refractivity contribution in [2.75, 3.05) is 11.1 Å². The number of H-pyrrole nitrogens is 1. The molecule has 0 spiro atoms. The van der Waals surface area contributed by atoms with E-state index < -0.39 is 0 Å². The molecule has 0 saturated heterocycles. The Morgan fingerprint density at radius 1 is 1.15 bits per heavy atom. The first kappa shape index (κ1) is 16.4. The lowest BCUT2D eigenvalue weighted by molar-refractivity contribution is -0.113. The molecule has 0 radical (unpaired) electrons. The van der Waals surface area contributed by atoms with Crippen LogP contribution in [0.1, 0.15) is 5.56 Å². The van der Waals surface area contributed by atoms with E-state index in [2.05, 4.69) is 20.5 Å². The third kappa shape index (κ3) is 3.34. The van der Waals surface area contributed by atoms with Crippen LogP contribution >= 0.6 is 11.8 Å². The van der Waals surface area contributed by atoms with E-state index in [9.17, 15) is 4.79 Å². The molecule has 130 valence electrons. The number of hydrogen-bond donors (Lipinski definition) is 2. The summed E-state index contributed by atoms with van der Waals surface area (Å²) in [6.45, 7) is 1.95. The van der Waals surface area contributed by atoms with E-state index in [0.29, 0.717) is 11.1 Å². The number of amides is 1. The molecule has 0 aliphatic carbocycles. The Labute approximate surface area is 154 Å². The lowest BCUT2D eigenvalue weighted by Gasteiger charge is -2.06. The number of aromatic amines is 1. The van der Waals surface area contributed by atoms with Gasteiger partial charge in [-0.15, -0.1) is 10.2 Å². The number of benzene rings is 2. The molecule has 4 rings (SSSR count). The predicted octanol–water partition coefficient (Wildman–Crippen LogP) is 4.26. The van der Waals surface area contributed by atoms with Gasteiger partial charge in [0.25, 0.3) is 11.1 Å². The van der Waals surface area contributed by atoms with Gasteiger partial charge >= 0.3 is 0 Å². The first-order valence-electron chi connectivity index (χ1n) is 8.09. The van der Waals surface area contributed by atoms with Crippen LogP contribution in [0.2, 0.25) is 0 Å². The van der Waals surface area contributed by atoms with E-state index in [0.717, 1.165) is 27.7 Å². The largest absolute Gasteiger partial charge is 0.411 e. The van der Waals surface area contributed by atoms with Gasteiger partial charge in [-0.1, -0.05) is 48.2 Å². The molecule has 0 aliphatic rings. The highest BCUT2D eigenvalue weighted by Gasteiger charge is 2.14. The third-order valence-electron chi connectivity index (χ3n) is 3.97. The van der Waals surface area contributed by atoms with E-state index in [1.807, 2.05) is 61.7 Å². The van der Waals surface area contributed by atoms with Gasteiger partial charge in [-0.2, -0.15) is 0 Å². The molecule has 2 aromatic heterocycles. The highest BCUT2D eigenvalue weighted by Crippen LogP contribution is 2.29. The second-order valence-electron chi connectivity index (χ2n) is 5.77. The number of anilines is 1. The fraction of sp³-hybridized carbons (Fsp3) is 0.105. The van der Waals surface area contributed by atoms with Gasteiger partial charge < -0.3 is 14.7 Å². The Bertz CT molecular complexity index is 1070. The van der Waals surface area contributed by atoms with Crippen LogP contribution in [0, 0.1) is 6.92 Å². The number of aromatic nitrogens is 3. The Balaban J connectivity index is 1.42. The molecule has 0 fully saturated rings. The van der Waals surface area contributed by atoms with Crippen LogP contribution in [0.3, 0.4) is 0 Å². The minimum absolute atomic E-state index is 0.115. The van der Waals surface area contributed by atoms with Gasteiger partial charge in [-0.25, -0.2) is 0 Å². The Morgan fingerprint density at radius 2 is 1.96 bits per heavy atom. The van der Waals surface area contributed by atoms with Gasteiger partial charge in [0, 0.05) is 22.8 Å². The van der Waals surface area contributed by atoms with Gasteiger partial charge in [0.2, 0.25) is 5.91 Å². The standard InChI is InChI=1S/C19H16N4O2S/c1-12-6-2-4-8-15(12)21-17(24)11-26-19-23-22-18(25-19)14-10-20-16-9-5-3-7-13(14)16/h2-10,20H,11H2,1H3,(H,21,24). The molecule has 2 N–H and O–H groups in total. The quantitative estimate of drug-likeness (QED) is 0.517. The molecule has 4 aromatic rings. The molecule has 26 heavy (non-hydrogen) atoms. The first-order valence-corrected chi connectivity index (χ1v) is 9.07. The van der Waals surface area contributed by atoms with Crippen LogP contribution in [0.15, 0.2) is 64.4 Å². The first-order chi connectivity index (χ1) is 12.7. The van der Waals surface area contributed by atoms with Crippen molar-refractivity contribution in [3.63, 3.8) is 0 Å². The van der Waals surface area contributed by atoms with E-state index in [4.69, 9.17) is 4.42 Å². The van der Waals surface area contributed by atoms with Gasteiger partial charge in [0.15, 0.2) is 0 Å². The second-order valence-corrected chi connectivity index (χ2v) is 6.70. The SMILES string of the molecule is Cc1ccccc1NC(=O)CSc1nnc(-c2c[nH]c3ccccc23)o1. The number of hydrogen-bond acceptors (Lipinski definition) is 5. The Kier molecular flexibility index (Phi) is 4.45. The van der Waals surface area contributed by atoms with Crippen LogP contribution in [0.5, 0.6) is 0 Å². The van der Waals surface area contributed by atoms with Crippen molar-refractivity contribution in [1.82, 2.24) is 15.2 Å². The van der Waals surface area contributed by atoms with Crippen molar-refractivity contribution in [3.8, 4) is 11.5 Å². The number of nitrogens with one attached hydrogen (secondary N) is 2. The topological polar surface area (TPSA) is 83.8 Å². The lowest BCUT2D eigenvalue weighted by atomic mass is 10.2. The van der Waals surface area contributed by atoms with Gasteiger partial charge in [0.05, 0.1) is 11.3 Å². The number of para-hydroxylation sites is 2. The summed E-state index contributed by atoms with van der Waals surface area (Å²) in [5.74, 6) is 0.518. The summed E-state index contributed by atoms with van der Waals surface area (Å²) < 4.78 is 5.70. The number of fused-ring (bicyclic) bond motifs is 1. The van der Waals surface area contributed by atoms with E-state index in [1.165, 1.54) is 11.8 Å². The maximum atomic E-state index is 12.1. The lowest BCUT2D eigenvalue weighted by Crippen LogP contribution is -2.14. The number of aryl methyl sites for hydroxylation is 1. The fourth-order valence-electron chi connectivity index (χ4n) is 2.65. The molecule has 0 bridgehead atoms. The second kappa shape index (κ2) is 7.05. The molecule has 2 heterocycles. The highest BCUT2D eigenvalue weighted by molar-refractivity contribution is 7.99. The van der Waals surface area contributed by atoms with E-state index in [-0.39, 0.29) is 11.7 Å². The van der Waals surface area contributed by atoms with E-state index in [1.54, 1.807) is 0 Å². The molecular weight excluding hydrogens is 348 g/mol. The number of nitrogens with zero attached hydrogens (tertiary/aromatic N) is 2. The molecule has 2 aromatic carbocycles. The number of thioether (sulfide) groups is 1. The molecule has 0 saturated carbocycles. The number of rotatable bonds is 5. The van der Waals surface area contributed by atoms with Gasteiger partial charge in [0.1, 0.15) is 0 Å². The zero-order valence-corrected chi connectivity index (χ0v) is 14.8. The Morgan fingerprint density at radius 3 is 2.85 bits per heavy atom. The van der Waals surface area contributed by atoms with Crippen LogP contribution in [0.25, 0.3) is 22.4 Å². The maximum absolute atomic E-state index is 12.1. The fourth-order valence-corrected chi connectivity index (χ4v) is 3.22. The van der Waals surface area contributed by atoms with Crippen LogP contribution < -0.4 is 5.32 Å². The van der Waals surface area contributed by atoms with Crippen molar-refractivity contribution in [2.24, 2.45) is 0 Å². The zero-order chi connectivity index (χ0) is 17.9. The molecule has 6 nitrogen and oxygen atoms in total. The maximum Gasteiger partial charge on any atom is 0.277 e. The predicted molar refractivity (Wildman–Crippen MR) is 102 cm³/mol. The molecule has 0 aliphatic heterocycles. The molecule has 0 atom stereocenters. The zero-order valence-electron chi connectivity index (χ0n) is 14.0. The summed E-state index contributed by atoms with van der Waals surface area (Å²) in [5.41, 5.74) is 3.69. The highest BCUT2D eigenvalue weighted by atomic mass is 32.2. The number of carbonyl (C=O) groups is 1. The minimum Gasteiger partial charge on any atom is -0.411 e. The average Bonchev–Trinajstić information content (AvgIpc) is 3.28. The summed E-state index contributed by atoms with van der Waals surface area (Å²) in [6.07, 6.45) is 1.84. The van der Waals surface area contributed by atoms with E-state index >= 15 is 0 Å². The summed E-state index contributed by atoms with van der Waals surface area (Å²) in [4.78, 5) is 15.3. The van der Waals surface area contributed by atoms with Gasteiger partial charge in [-0.05, 0) is 24.6 Å². The van der Waals surface area contributed by atoms with Crippen LogP contribution in [0.4, 0.5) is 5.69 Å². The van der Waals surface area contributed by atoms with Crippen LogP contribution in [-0.2, 0) is 4.79 Å². The summed E-state index contributed by atoms with van der Waals surface area (Å²) in [6, 6.07) is 15.6. The van der Waals surface area contributed by atoms with Crippen LogP contribution in [-0.4, -0.2) is 26.8 Å². The Hall–Kier alpha value is -3.06. The van der Waals surface area contributed by atoms with Crippen molar-refractivity contribution < 1.29 is 9.21 Å². The molecule has 7 heteroatoms. The summed E-state index contributed by atoms with van der Waals surface area (Å²) in [7, 11) is 0. The van der Waals surface area contributed by atoms with Crippen molar-refractivity contribution in [3.05, 3.63) is 60.3 Å². The molecule has 0 unspecified atom stereocenters. The normalized spacial score (nSPS) is 11.0. The molecule has 1 amide bonds. The smallest absolute Gasteiger partial charge is 0.277 e. The number of carbonyl (C=O) groups excluding carboxylic acids is 1. The minimum atomic E-state index is -0.115. The summed E-state index contributed by atoms with van der Waals surface area (Å²) >= 11 is 1.21. The van der Waals surface area contributed by atoms with Crippen molar-refractivity contribution in [2.45, 2.75) is 12.1 Å². The monoisotopic (exact) mass is 364 g/mol. The van der Waals surface area contributed by atoms with Gasteiger partial charge in [-0.3, -0.25) is 4.79 Å². The average molecular weight is 364 g/mol. The van der Waals surface area contributed by atoms with Crippen molar-refractivity contribution >= 4 is 34.3 Å². The summed E-state index contributed by atoms with van der Waals surface area (Å²) in [5, 5.41) is 12.4. The molecular formula is C19H16N4O2S. The van der Waals surface area contributed by atoms with Crippen molar-refractivity contribution in [1.29, 1.82) is 0 Å². The third-order valence-corrected chi connectivity index (χ3v) is 4.79.